The van der Waals surface area contributed by atoms with Crippen molar-refractivity contribution in [2.75, 3.05) is 34.3 Å². The van der Waals surface area contributed by atoms with Crippen LogP contribution in [0.3, 0.4) is 0 Å². The number of carbonyl (C=O) groups excluding carboxylic acids is 1. The molecule has 0 saturated carbocycles. The summed E-state index contributed by atoms with van der Waals surface area (Å²) < 4.78 is 19.0. The molecule has 0 fully saturated rings. The lowest BCUT2D eigenvalue weighted by Gasteiger charge is -2.19. The van der Waals surface area contributed by atoms with Gasteiger partial charge in [-0.1, -0.05) is 36.4 Å². The molecule has 0 bridgehead atoms. The van der Waals surface area contributed by atoms with Gasteiger partial charge in [0, 0.05) is 20.6 Å². The Labute approximate surface area is 171 Å². The van der Waals surface area contributed by atoms with E-state index in [1.807, 2.05) is 25.1 Å². The topological polar surface area (TPSA) is 66.0 Å². The van der Waals surface area contributed by atoms with Crippen LogP contribution < -0.4 is 15.4 Å². The number of carbonyl (C=O) groups is 1. The van der Waals surface area contributed by atoms with Crippen LogP contribution in [-0.4, -0.2) is 51.1 Å². The fourth-order valence-electron chi connectivity index (χ4n) is 2.65. The van der Waals surface area contributed by atoms with Gasteiger partial charge in [-0.3, -0.25) is 4.79 Å². The standard InChI is InChI=1S/C22H29FN4O2/c1-16(18-10-11-20(29-4)19(23)14-18)26-22(25-15-21(28)27(2)3)24-13-12-17-8-6-5-7-9-17/h5-11,14,16H,12-13,15H2,1-4H3,(H2,24,25,26). The van der Waals surface area contributed by atoms with Gasteiger partial charge in [0.15, 0.2) is 17.5 Å². The van der Waals surface area contributed by atoms with Crippen molar-refractivity contribution in [1.29, 1.82) is 0 Å². The second kappa shape index (κ2) is 11.0. The minimum absolute atomic E-state index is 0.0252. The molecule has 1 atom stereocenters. The van der Waals surface area contributed by atoms with E-state index >= 15 is 0 Å². The van der Waals surface area contributed by atoms with Crippen molar-refractivity contribution < 1.29 is 13.9 Å². The summed E-state index contributed by atoms with van der Waals surface area (Å²) in [7, 11) is 4.82. The van der Waals surface area contributed by atoms with E-state index in [9.17, 15) is 9.18 Å². The van der Waals surface area contributed by atoms with E-state index in [1.54, 1.807) is 26.2 Å². The van der Waals surface area contributed by atoms with E-state index < -0.39 is 5.82 Å². The van der Waals surface area contributed by atoms with Crippen LogP contribution in [0.4, 0.5) is 4.39 Å². The van der Waals surface area contributed by atoms with Gasteiger partial charge in [0.1, 0.15) is 6.54 Å². The number of halogens is 1. The molecule has 6 nitrogen and oxygen atoms in total. The minimum atomic E-state index is -0.419. The largest absolute Gasteiger partial charge is 0.494 e. The van der Waals surface area contributed by atoms with Crippen LogP contribution in [0.5, 0.6) is 5.75 Å². The monoisotopic (exact) mass is 400 g/mol. The lowest BCUT2D eigenvalue weighted by atomic mass is 10.1. The number of guanidine groups is 1. The highest BCUT2D eigenvalue weighted by molar-refractivity contribution is 5.85. The van der Waals surface area contributed by atoms with Crippen LogP contribution in [0.25, 0.3) is 0 Å². The zero-order chi connectivity index (χ0) is 21.2. The first-order chi connectivity index (χ1) is 13.9. The van der Waals surface area contributed by atoms with Crippen molar-refractivity contribution >= 4 is 11.9 Å². The van der Waals surface area contributed by atoms with Crippen LogP contribution in [0.1, 0.15) is 24.1 Å². The molecule has 0 radical (unpaired) electrons. The van der Waals surface area contributed by atoms with Crippen LogP contribution in [0, 0.1) is 5.82 Å². The third-order valence-corrected chi connectivity index (χ3v) is 4.45. The first-order valence-electron chi connectivity index (χ1n) is 9.53. The summed E-state index contributed by atoms with van der Waals surface area (Å²) in [5.41, 5.74) is 1.95. The highest BCUT2D eigenvalue weighted by atomic mass is 19.1. The van der Waals surface area contributed by atoms with Crippen LogP contribution in [0.15, 0.2) is 53.5 Å². The fraction of sp³-hybridized carbons (Fsp3) is 0.364. The van der Waals surface area contributed by atoms with Crippen molar-refractivity contribution in [2.24, 2.45) is 4.99 Å². The molecule has 29 heavy (non-hydrogen) atoms. The average molecular weight is 400 g/mol. The van der Waals surface area contributed by atoms with Crippen molar-refractivity contribution in [3.05, 3.63) is 65.5 Å². The van der Waals surface area contributed by atoms with Gasteiger partial charge in [-0.2, -0.15) is 0 Å². The number of benzene rings is 2. The highest BCUT2D eigenvalue weighted by Crippen LogP contribution is 2.21. The van der Waals surface area contributed by atoms with Gasteiger partial charge in [-0.25, -0.2) is 9.38 Å². The predicted octanol–water partition coefficient (Wildman–Crippen LogP) is 2.76. The van der Waals surface area contributed by atoms with Crippen molar-refractivity contribution in [3.63, 3.8) is 0 Å². The van der Waals surface area contributed by atoms with Gasteiger partial charge in [-0.05, 0) is 36.6 Å². The van der Waals surface area contributed by atoms with E-state index in [-0.39, 0.29) is 24.2 Å². The third-order valence-electron chi connectivity index (χ3n) is 4.45. The lowest BCUT2D eigenvalue weighted by molar-refractivity contribution is -0.127. The highest BCUT2D eigenvalue weighted by Gasteiger charge is 2.12. The molecule has 0 saturated heterocycles. The Balaban J connectivity index is 2.05. The summed E-state index contributed by atoms with van der Waals surface area (Å²) in [6.07, 6.45) is 0.814. The number of ether oxygens (including phenoxy) is 1. The van der Waals surface area contributed by atoms with Crippen molar-refractivity contribution in [3.8, 4) is 5.75 Å². The van der Waals surface area contributed by atoms with Gasteiger partial charge < -0.3 is 20.3 Å². The second-order valence-corrected chi connectivity index (χ2v) is 6.88. The number of rotatable bonds is 8. The predicted molar refractivity (Wildman–Crippen MR) is 114 cm³/mol. The molecule has 1 unspecified atom stereocenters. The fourth-order valence-corrected chi connectivity index (χ4v) is 2.65. The Morgan fingerprint density at radius 1 is 1.21 bits per heavy atom. The molecule has 2 N–H and O–H groups in total. The zero-order valence-electron chi connectivity index (χ0n) is 17.4. The van der Waals surface area contributed by atoms with Crippen molar-refractivity contribution in [2.45, 2.75) is 19.4 Å². The first kappa shape index (κ1) is 22.2. The molecule has 0 spiro atoms. The molecule has 2 aromatic carbocycles. The summed E-state index contributed by atoms with van der Waals surface area (Å²) in [4.78, 5) is 17.8. The quantitative estimate of drug-likeness (QED) is 0.528. The Bertz CT molecular complexity index is 825. The SMILES string of the molecule is COc1ccc(C(C)NC(=NCC(=O)N(C)C)NCCc2ccccc2)cc1F. The summed E-state index contributed by atoms with van der Waals surface area (Å²) in [6, 6.07) is 14.7. The summed E-state index contributed by atoms with van der Waals surface area (Å²) in [5, 5.41) is 6.49. The van der Waals surface area contributed by atoms with Crippen molar-refractivity contribution in [1.82, 2.24) is 15.5 Å². The van der Waals surface area contributed by atoms with Gasteiger partial charge in [0.2, 0.25) is 5.91 Å². The summed E-state index contributed by atoms with van der Waals surface area (Å²) in [5.74, 6) is 0.182. The zero-order valence-corrected chi connectivity index (χ0v) is 17.4. The maximum atomic E-state index is 14.0. The molecular formula is C22H29FN4O2. The third kappa shape index (κ3) is 7.10. The summed E-state index contributed by atoms with van der Waals surface area (Å²) in [6.45, 7) is 2.58. The number of amides is 1. The van der Waals surface area contributed by atoms with E-state index in [1.165, 1.54) is 23.6 Å². The number of nitrogens with one attached hydrogen (secondary N) is 2. The Morgan fingerprint density at radius 2 is 1.93 bits per heavy atom. The smallest absolute Gasteiger partial charge is 0.243 e. The summed E-state index contributed by atoms with van der Waals surface area (Å²) >= 11 is 0. The minimum Gasteiger partial charge on any atom is -0.494 e. The number of aliphatic imine (C=N–C) groups is 1. The molecule has 2 aromatic rings. The molecule has 1 amide bonds. The van der Waals surface area contributed by atoms with Crippen LogP contribution in [-0.2, 0) is 11.2 Å². The number of hydrogen-bond acceptors (Lipinski definition) is 3. The molecular weight excluding hydrogens is 371 g/mol. The molecule has 0 aliphatic carbocycles. The van der Waals surface area contributed by atoms with Gasteiger partial charge in [0.05, 0.1) is 13.2 Å². The van der Waals surface area contributed by atoms with Gasteiger partial charge in [0.25, 0.3) is 0 Å². The molecule has 0 aliphatic heterocycles. The lowest BCUT2D eigenvalue weighted by Crippen LogP contribution is -2.40. The molecule has 2 rings (SSSR count). The molecule has 156 valence electrons. The first-order valence-corrected chi connectivity index (χ1v) is 9.53. The van der Waals surface area contributed by atoms with Crippen LogP contribution >= 0.6 is 0 Å². The maximum Gasteiger partial charge on any atom is 0.243 e. The van der Waals surface area contributed by atoms with Crippen LogP contribution in [0.2, 0.25) is 0 Å². The number of nitrogens with zero attached hydrogens (tertiary/aromatic N) is 2. The molecule has 7 heteroatoms. The van der Waals surface area contributed by atoms with Gasteiger partial charge in [-0.15, -0.1) is 0 Å². The second-order valence-electron chi connectivity index (χ2n) is 6.88. The van der Waals surface area contributed by atoms with E-state index in [2.05, 4.69) is 27.8 Å². The van der Waals surface area contributed by atoms with Gasteiger partial charge >= 0.3 is 0 Å². The number of methoxy groups -OCH3 is 1. The number of hydrogen-bond donors (Lipinski definition) is 2. The Hall–Kier alpha value is -3.09. The molecule has 0 heterocycles. The Morgan fingerprint density at radius 3 is 2.55 bits per heavy atom. The normalized spacial score (nSPS) is 12.2. The maximum absolute atomic E-state index is 14.0. The molecule has 0 aromatic heterocycles. The number of likely N-dealkylation sites (N-methyl/N-ethyl adjacent to an activating group) is 1. The average Bonchev–Trinajstić information content (AvgIpc) is 2.72. The van der Waals surface area contributed by atoms with E-state index in [0.29, 0.717) is 12.5 Å². The van der Waals surface area contributed by atoms with E-state index in [4.69, 9.17) is 4.74 Å². The van der Waals surface area contributed by atoms with E-state index in [0.717, 1.165) is 12.0 Å². The molecule has 0 aliphatic rings. The Kier molecular flexibility index (Phi) is 8.45.